The minimum Gasteiger partial charge on any atom is -0.507 e. The van der Waals surface area contributed by atoms with Crippen LogP contribution in [0, 0.1) is 5.92 Å². The number of phenolic OH excluding ortho intramolecular Hbond substituents is 1. The summed E-state index contributed by atoms with van der Waals surface area (Å²) < 4.78 is 0. The lowest BCUT2D eigenvalue weighted by Gasteiger charge is -2.34. The lowest BCUT2D eigenvalue weighted by molar-refractivity contribution is -0.135. The standard InChI is InChI=1S/C21H33N5O3.HI/c1-4-22-21(25-16-9-13-26(14-10-16)20(29)15(2)3)24-12-11-23-19(28)17-7-5-6-8-18(17)27;/h5-8,15-16,27H,4,9-14H2,1-3H3,(H,23,28)(H2,22,24,25);1H. The number of benzene rings is 1. The number of likely N-dealkylation sites (tertiary alicyclic amines) is 1. The van der Waals surface area contributed by atoms with Crippen LogP contribution in [0.25, 0.3) is 0 Å². The van der Waals surface area contributed by atoms with Crippen LogP contribution in [0.15, 0.2) is 29.3 Å². The van der Waals surface area contributed by atoms with Crippen molar-refractivity contribution >= 4 is 41.8 Å². The van der Waals surface area contributed by atoms with Crippen molar-refractivity contribution in [1.29, 1.82) is 0 Å². The molecule has 168 valence electrons. The minimum absolute atomic E-state index is 0. The van der Waals surface area contributed by atoms with Crippen molar-refractivity contribution < 1.29 is 14.7 Å². The average molecular weight is 531 g/mol. The number of nitrogens with one attached hydrogen (secondary N) is 3. The maximum absolute atomic E-state index is 12.1. The fourth-order valence-corrected chi connectivity index (χ4v) is 3.22. The molecule has 1 aliphatic rings. The van der Waals surface area contributed by atoms with Gasteiger partial charge in [-0.25, -0.2) is 0 Å². The highest BCUT2D eigenvalue weighted by Gasteiger charge is 2.24. The first-order valence-corrected chi connectivity index (χ1v) is 10.3. The molecule has 1 aromatic carbocycles. The Morgan fingerprint density at radius 3 is 2.47 bits per heavy atom. The number of aromatic hydroxyl groups is 1. The molecule has 8 nitrogen and oxygen atoms in total. The zero-order chi connectivity index (χ0) is 21.2. The van der Waals surface area contributed by atoms with E-state index < -0.39 is 0 Å². The van der Waals surface area contributed by atoms with Crippen LogP contribution in [0.2, 0.25) is 0 Å². The van der Waals surface area contributed by atoms with Crippen LogP contribution in [-0.4, -0.2) is 66.5 Å². The van der Waals surface area contributed by atoms with E-state index in [-0.39, 0.29) is 59.1 Å². The van der Waals surface area contributed by atoms with E-state index in [9.17, 15) is 14.7 Å². The van der Waals surface area contributed by atoms with E-state index in [1.165, 1.54) is 6.07 Å². The molecule has 0 unspecified atom stereocenters. The number of para-hydroxylation sites is 1. The Labute approximate surface area is 195 Å². The summed E-state index contributed by atoms with van der Waals surface area (Å²) in [5.41, 5.74) is 0.254. The number of nitrogens with zero attached hydrogens (tertiary/aromatic N) is 2. The molecular formula is C21H34IN5O3. The number of guanidine groups is 1. The number of amides is 2. The van der Waals surface area contributed by atoms with Gasteiger partial charge in [0, 0.05) is 38.1 Å². The van der Waals surface area contributed by atoms with Gasteiger partial charge in [-0.3, -0.25) is 14.6 Å². The van der Waals surface area contributed by atoms with Crippen LogP contribution < -0.4 is 16.0 Å². The van der Waals surface area contributed by atoms with Crippen LogP contribution in [0.1, 0.15) is 44.0 Å². The smallest absolute Gasteiger partial charge is 0.255 e. The zero-order valence-electron chi connectivity index (χ0n) is 18.0. The second-order valence-corrected chi connectivity index (χ2v) is 7.43. The van der Waals surface area contributed by atoms with E-state index in [0.717, 1.165) is 32.5 Å². The predicted octanol–water partition coefficient (Wildman–Crippen LogP) is 1.94. The first-order valence-electron chi connectivity index (χ1n) is 10.3. The maximum Gasteiger partial charge on any atom is 0.255 e. The number of carbonyl (C=O) groups excluding carboxylic acids is 2. The van der Waals surface area contributed by atoms with Crippen molar-refractivity contribution in [2.24, 2.45) is 10.9 Å². The van der Waals surface area contributed by atoms with Gasteiger partial charge >= 0.3 is 0 Å². The third-order valence-corrected chi connectivity index (χ3v) is 4.80. The summed E-state index contributed by atoms with van der Waals surface area (Å²) in [5.74, 6) is 0.595. The molecule has 0 radical (unpaired) electrons. The molecule has 1 saturated heterocycles. The van der Waals surface area contributed by atoms with Crippen molar-refractivity contribution in [3.05, 3.63) is 29.8 Å². The summed E-state index contributed by atoms with van der Waals surface area (Å²) in [6.45, 7) is 8.89. The minimum atomic E-state index is -0.321. The fraction of sp³-hybridized carbons (Fsp3) is 0.571. The topological polar surface area (TPSA) is 106 Å². The Morgan fingerprint density at radius 2 is 1.87 bits per heavy atom. The molecule has 9 heteroatoms. The molecular weight excluding hydrogens is 497 g/mol. The lowest BCUT2D eigenvalue weighted by Crippen LogP contribution is -2.50. The van der Waals surface area contributed by atoms with Gasteiger partial charge in [0.05, 0.1) is 12.1 Å². The molecule has 0 atom stereocenters. The van der Waals surface area contributed by atoms with E-state index in [1.54, 1.807) is 18.2 Å². The summed E-state index contributed by atoms with van der Waals surface area (Å²) in [5, 5.41) is 19.1. The number of aliphatic imine (C=N–C) groups is 1. The van der Waals surface area contributed by atoms with Crippen molar-refractivity contribution in [3.63, 3.8) is 0 Å². The summed E-state index contributed by atoms with van der Waals surface area (Å²) in [4.78, 5) is 30.7. The summed E-state index contributed by atoms with van der Waals surface area (Å²) in [6.07, 6.45) is 1.76. The lowest BCUT2D eigenvalue weighted by atomic mass is 10.0. The van der Waals surface area contributed by atoms with Gasteiger partial charge in [0.1, 0.15) is 5.75 Å². The Kier molecular flexibility index (Phi) is 11.5. The fourth-order valence-electron chi connectivity index (χ4n) is 3.22. The molecule has 2 rings (SSSR count). The third-order valence-electron chi connectivity index (χ3n) is 4.80. The van der Waals surface area contributed by atoms with Gasteiger partial charge in [-0.1, -0.05) is 26.0 Å². The van der Waals surface area contributed by atoms with E-state index in [1.807, 2.05) is 25.7 Å². The van der Waals surface area contributed by atoms with Crippen molar-refractivity contribution in [2.75, 3.05) is 32.7 Å². The average Bonchev–Trinajstić information content (AvgIpc) is 2.71. The molecule has 0 aromatic heterocycles. The molecule has 0 bridgehead atoms. The maximum atomic E-state index is 12.1. The van der Waals surface area contributed by atoms with Gasteiger partial charge in [0.15, 0.2) is 5.96 Å². The normalized spacial score (nSPS) is 14.8. The van der Waals surface area contributed by atoms with Gasteiger partial charge in [-0.2, -0.15) is 0 Å². The molecule has 1 aromatic rings. The number of halogens is 1. The molecule has 4 N–H and O–H groups in total. The van der Waals surface area contributed by atoms with E-state index in [2.05, 4.69) is 20.9 Å². The Bertz CT molecular complexity index is 718. The molecule has 0 spiro atoms. The number of carbonyl (C=O) groups is 2. The Balaban J connectivity index is 0.00000450. The van der Waals surface area contributed by atoms with Crippen LogP contribution in [0.4, 0.5) is 0 Å². The highest BCUT2D eigenvalue weighted by atomic mass is 127. The molecule has 2 amide bonds. The number of rotatable bonds is 7. The monoisotopic (exact) mass is 531 g/mol. The van der Waals surface area contributed by atoms with Crippen LogP contribution in [0.3, 0.4) is 0 Å². The molecule has 0 aliphatic carbocycles. The first-order chi connectivity index (χ1) is 13.9. The Hall–Kier alpha value is -2.04. The van der Waals surface area contributed by atoms with E-state index in [0.29, 0.717) is 19.0 Å². The van der Waals surface area contributed by atoms with Gasteiger partial charge in [-0.15, -0.1) is 24.0 Å². The second-order valence-electron chi connectivity index (χ2n) is 7.43. The van der Waals surface area contributed by atoms with Crippen molar-refractivity contribution in [1.82, 2.24) is 20.9 Å². The largest absolute Gasteiger partial charge is 0.507 e. The third kappa shape index (κ3) is 8.00. The second kappa shape index (κ2) is 13.3. The number of phenols is 1. The van der Waals surface area contributed by atoms with Crippen molar-refractivity contribution in [2.45, 2.75) is 39.7 Å². The van der Waals surface area contributed by atoms with E-state index >= 15 is 0 Å². The van der Waals surface area contributed by atoms with Gasteiger partial charge in [-0.05, 0) is 31.9 Å². The zero-order valence-corrected chi connectivity index (χ0v) is 20.3. The molecule has 1 heterocycles. The highest BCUT2D eigenvalue weighted by Crippen LogP contribution is 2.15. The van der Waals surface area contributed by atoms with Crippen LogP contribution in [0.5, 0.6) is 5.75 Å². The molecule has 30 heavy (non-hydrogen) atoms. The summed E-state index contributed by atoms with van der Waals surface area (Å²) >= 11 is 0. The molecule has 1 fully saturated rings. The van der Waals surface area contributed by atoms with Gasteiger partial charge < -0.3 is 26.0 Å². The quantitative estimate of drug-likeness (QED) is 0.186. The Morgan fingerprint density at radius 1 is 1.20 bits per heavy atom. The summed E-state index contributed by atoms with van der Waals surface area (Å²) in [7, 11) is 0. The molecule has 1 aliphatic heterocycles. The number of piperidine rings is 1. The summed E-state index contributed by atoms with van der Waals surface area (Å²) in [6, 6.07) is 6.71. The van der Waals surface area contributed by atoms with Gasteiger partial charge in [0.2, 0.25) is 5.91 Å². The highest BCUT2D eigenvalue weighted by molar-refractivity contribution is 14.0. The number of hydrogen-bond donors (Lipinski definition) is 4. The molecule has 0 saturated carbocycles. The van der Waals surface area contributed by atoms with Crippen LogP contribution in [-0.2, 0) is 4.79 Å². The van der Waals surface area contributed by atoms with Crippen molar-refractivity contribution in [3.8, 4) is 5.75 Å². The van der Waals surface area contributed by atoms with E-state index in [4.69, 9.17) is 0 Å². The first kappa shape index (κ1) is 26.0. The number of hydrogen-bond acceptors (Lipinski definition) is 4. The SMILES string of the molecule is CCNC(=NCCNC(=O)c1ccccc1O)NC1CCN(C(=O)C(C)C)CC1.I. The van der Waals surface area contributed by atoms with Crippen LogP contribution >= 0.6 is 24.0 Å². The predicted molar refractivity (Wildman–Crippen MR) is 129 cm³/mol. The van der Waals surface area contributed by atoms with Gasteiger partial charge in [0.25, 0.3) is 5.91 Å².